The second kappa shape index (κ2) is 7.22. The van der Waals surface area contributed by atoms with E-state index in [2.05, 4.69) is 0 Å². The summed E-state index contributed by atoms with van der Waals surface area (Å²) in [4.78, 5) is 0. The molecule has 0 N–H and O–H groups in total. The predicted molar refractivity (Wildman–Crippen MR) is 88.7 cm³/mol. The minimum absolute atomic E-state index is 0.506. The van der Waals surface area contributed by atoms with Gasteiger partial charge in [0.25, 0.3) is 0 Å². The summed E-state index contributed by atoms with van der Waals surface area (Å²) in [7, 11) is 3.13. The van der Waals surface area contributed by atoms with Gasteiger partial charge in [0.2, 0.25) is 0 Å². The van der Waals surface area contributed by atoms with Gasteiger partial charge in [-0.05, 0) is 47.0 Å². The van der Waals surface area contributed by atoms with Gasteiger partial charge in [0.15, 0.2) is 11.5 Å². The highest BCUT2D eigenvalue weighted by molar-refractivity contribution is 6.34. The van der Waals surface area contributed by atoms with Crippen molar-refractivity contribution in [1.29, 1.82) is 5.26 Å². The molecule has 3 nitrogen and oxygen atoms in total. The summed E-state index contributed by atoms with van der Waals surface area (Å²) in [5.74, 6) is 1.20. The van der Waals surface area contributed by atoms with Crippen molar-refractivity contribution in [2.45, 2.75) is 0 Å². The monoisotopic (exact) mass is 333 g/mol. The van der Waals surface area contributed by atoms with E-state index in [9.17, 15) is 0 Å². The zero-order chi connectivity index (χ0) is 16.1. The van der Waals surface area contributed by atoms with Crippen molar-refractivity contribution >= 4 is 28.8 Å². The maximum atomic E-state index is 9.08. The van der Waals surface area contributed by atoms with E-state index in [1.54, 1.807) is 44.6 Å². The SMILES string of the molecule is COc1ccc(/C(=C\C#N)c2cc(Cl)cc(Cl)c2)cc1OC. The molecular formula is C17H13Cl2NO2. The van der Waals surface area contributed by atoms with Crippen molar-refractivity contribution in [2.24, 2.45) is 0 Å². The summed E-state index contributed by atoms with van der Waals surface area (Å²) in [6.07, 6.45) is 1.45. The number of rotatable bonds is 4. The highest BCUT2D eigenvalue weighted by Gasteiger charge is 2.11. The quantitative estimate of drug-likeness (QED) is 0.742. The summed E-state index contributed by atoms with van der Waals surface area (Å²) in [5.41, 5.74) is 2.26. The van der Waals surface area contributed by atoms with Crippen molar-refractivity contribution in [3.8, 4) is 17.6 Å². The number of ether oxygens (including phenoxy) is 2. The molecule has 2 aromatic carbocycles. The van der Waals surface area contributed by atoms with Crippen molar-refractivity contribution in [1.82, 2.24) is 0 Å². The molecule has 0 atom stereocenters. The molecule has 112 valence electrons. The zero-order valence-electron chi connectivity index (χ0n) is 12.1. The molecule has 0 saturated heterocycles. The predicted octanol–water partition coefficient (Wildman–Crippen LogP) is 4.97. The average molecular weight is 334 g/mol. The first-order valence-corrected chi connectivity index (χ1v) is 7.13. The third kappa shape index (κ3) is 3.54. The Morgan fingerprint density at radius 1 is 0.955 bits per heavy atom. The Morgan fingerprint density at radius 2 is 1.59 bits per heavy atom. The lowest BCUT2D eigenvalue weighted by atomic mass is 9.97. The molecule has 2 rings (SSSR count). The molecule has 0 radical (unpaired) electrons. The molecule has 2 aromatic rings. The third-order valence-corrected chi connectivity index (χ3v) is 3.51. The van der Waals surface area contributed by atoms with Crippen LogP contribution in [0.3, 0.4) is 0 Å². The van der Waals surface area contributed by atoms with Crippen LogP contribution in [0.15, 0.2) is 42.5 Å². The lowest BCUT2D eigenvalue weighted by Crippen LogP contribution is -1.94. The van der Waals surface area contributed by atoms with Crippen molar-refractivity contribution in [3.05, 3.63) is 63.6 Å². The fourth-order valence-electron chi connectivity index (χ4n) is 2.11. The number of allylic oxidation sites excluding steroid dienone is 1. The van der Waals surface area contributed by atoms with E-state index in [1.165, 1.54) is 6.08 Å². The van der Waals surface area contributed by atoms with E-state index < -0.39 is 0 Å². The van der Waals surface area contributed by atoms with Crippen LogP contribution in [0.1, 0.15) is 11.1 Å². The number of hydrogen-bond donors (Lipinski definition) is 0. The molecule has 0 aliphatic carbocycles. The number of benzene rings is 2. The van der Waals surface area contributed by atoms with Gasteiger partial charge in [-0.2, -0.15) is 5.26 Å². The van der Waals surface area contributed by atoms with Crippen LogP contribution in [0, 0.1) is 11.3 Å². The van der Waals surface area contributed by atoms with E-state index in [0.29, 0.717) is 27.1 Å². The fourth-order valence-corrected chi connectivity index (χ4v) is 2.64. The van der Waals surface area contributed by atoms with E-state index in [4.69, 9.17) is 37.9 Å². The Balaban J connectivity index is 2.58. The van der Waals surface area contributed by atoms with Gasteiger partial charge in [-0.15, -0.1) is 0 Å². The molecule has 0 bridgehead atoms. The second-order valence-electron chi connectivity index (χ2n) is 4.41. The largest absolute Gasteiger partial charge is 0.493 e. The fraction of sp³-hybridized carbons (Fsp3) is 0.118. The first-order chi connectivity index (χ1) is 10.6. The van der Waals surface area contributed by atoms with Crippen molar-refractivity contribution in [2.75, 3.05) is 14.2 Å². The van der Waals surface area contributed by atoms with Crippen LogP contribution >= 0.6 is 23.2 Å². The van der Waals surface area contributed by atoms with Crippen molar-refractivity contribution in [3.63, 3.8) is 0 Å². The summed E-state index contributed by atoms with van der Waals surface area (Å²) in [6, 6.07) is 12.6. The van der Waals surface area contributed by atoms with Crippen molar-refractivity contribution < 1.29 is 9.47 Å². The summed E-state index contributed by atoms with van der Waals surface area (Å²) in [5, 5.41) is 10.1. The average Bonchev–Trinajstić information content (AvgIpc) is 2.51. The van der Waals surface area contributed by atoms with Crippen LogP contribution in [0.4, 0.5) is 0 Å². The Kier molecular flexibility index (Phi) is 5.32. The topological polar surface area (TPSA) is 42.2 Å². The number of halogens is 2. The van der Waals surface area contributed by atoms with Crippen LogP contribution < -0.4 is 9.47 Å². The van der Waals surface area contributed by atoms with Crippen LogP contribution in [-0.2, 0) is 0 Å². The lowest BCUT2D eigenvalue weighted by Gasteiger charge is -2.12. The van der Waals surface area contributed by atoms with Gasteiger partial charge < -0.3 is 9.47 Å². The molecule has 0 heterocycles. The van der Waals surface area contributed by atoms with Gasteiger partial charge in [0.1, 0.15) is 0 Å². The standard InChI is InChI=1S/C17H13Cl2NO2/c1-21-16-4-3-11(9-17(16)22-2)15(5-6-20)12-7-13(18)10-14(19)8-12/h3-5,7-10H,1-2H3/b15-5+. The maximum absolute atomic E-state index is 9.08. The van der Waals surface area contributed by atoms with E-state index in [-0.39, 0.29) is 0 Å². The Morgan fingerprint density at radius 3 is 2.14 bits per heavy atom. The molecule has 0 fully saturated rings. The Bertz CT molecular complexity index is 743. The van der Waals surface area contributed by atoms with E-state index in [1.807, 2.05) is 12.1 Å². The summed E-state index contributed by atoms with van der Waals surface area (Å²) < 4.78 is 10.5. The van der Waals surface area contributed by atoms with Gasteiger partial charge in [0, 0.05) is 16.1 Å². The third-order valence-electron chi connectivity index (χ3n) is 3.08. The maximum Gasteiger partial charge on any atom is 0.161 e. The lowest BCUT2D eigenvalue weighted by molar-refractivity contribution is 0.355. The minimum atomic E-state index is 0.506. The molecule has 0 spiro atoms. The van der Waals surface area contributed by atoms with Gasteiger partial charge in [0.05, 0.1) is 20.3 Å². The normalized spacial score (nSPS) is 11.0. The molecule has 0 unspecified atom stereocenters. The molecular weight excluding hydrogens is 321 g/mol. The zero-order valence-corrected chi connectivity index (χ0v) is 13.6. The van der Waals surface area contributed by atoms with E-state index in [0.717, 1.165) is 11.1 Å². The Hall–Kier alpha value is -2.15. The number of hydrogen-bond acceptors (Lipinski definition) is 3. The molecule has 0 saturated carbocycles. The molecule has 0 aliphatic rings. The van der Waals surface area contributed by atoms with Gasteiger partial charge in [-0.25, -0.2) is 0 Å². The van der Waals surface area contributed by atoms with E-state index >= 15 is 0 Å². The molecule has 0 aromatic heterocycles. The second-order valence-corrected chi connectivity index (χ2v) is 5.29. The first kappa shape index (κ1) is 16.2. The molecule has 0 amide bonds. The first-order valence-electron chi connectivity index (χ1n) is 6.37. The highest BCUT2D eigenvalue weighted by atomic mass is 35.5. The molecule has 0 aliphatic heterocycles. The van der Waals surface area contributed by atoms with Crippen LogP contribution in [0.25, 0.3) is 5.57 Å². The summed E-state index contributed by atoms with van der Waals surface area (Å²) in [6.45, 7) is 0. The minimum Gasteiger partial charge on any atom is -0.493 e. The Labute approximate surface area is 139 Å². The summed E-state index contributed by atoms with van der Waals surface area (Å²) >= 11 is 12.1. The van der Waals surface area contributed by atoms with Gasteiger partial charge >= 0.3 is 0 Å². The number of nitrogens with zero attached hydrogens (tertiary/aromatic N) is 1. The smallest absolute Gasteiger partial charge is 0.161 e. The number of methoxy groups -OCH3 is 2. The number of nitriles is 1. The van der Waals surface area contributed by atoms with Gasteiger partial charge in [-0.1, -0.05) is 29.3 Å². The van der Waals surface area contributed by atoms with Gasteiger partial charge in [-0.3, -0.25) is 0 Å². The molecule has 22 heavy (non-hydrogen) atoms. The molecule has 5 heteroatoms. The van der Waals surface area contributed by atoms with Crippen LogP contribution in [0.2, 0.25) is 10.0 Å². The highest BCUT2D eigenvalue weighted by Crippen LogP contribution is 2.34. The van der Waals surface area contributed by atoms with Crippen LogP contribution in [0.5, 0.6) is 11.5 Å². The van der Waals surface area contributed by atoms with Crippen LogP contribution in [-0.4, -0.2) is 14.2 Å².